The Bertz CT molecular complexity index is 508. The molecule has 0 unspecified atom stereocenters. The Labute approximate surface area is 93.8 Å². The molecule has 0 aliphatic heterocycles. The fourth-order valence-electron chi connectivity index (χ4n) is 1.17. The van der Waals surface area contributed by atoms with Crippen molar-refractivity contribution in [3.8, 4) is 0 Å². The van der Waals surface area contributed by atoms with Crippen molar-refractivity contribution in [3.63, 3.8) is 0 Å². The molecule has 0 atom stereocenters. The van der Waals surface area contributed by atoms with E-state index in [-0.39, 0.29) is 6.54 Å². The van der Waals surface area contributed by atoms with E-state index in [0.29, 0.717) is 16.3 Å². The minimum atomic E-state index is -3.25. The second-order valence-corrected chi connectivity index (χ2v) is 5.52. The third kappa shape index (κ3) is 2.59. The van der Waals surface area contributed by atoms with Crippen molar-refractivity contribution in [3.05, 3.63) is 45.8 Å². The van der Waals surface area contributed by atoms with E-state index in [1.54, 1.807) is 18.2 Å². The lowest BCUT2D eigenvalue weighted by Crippen LogP contribution is -2.22. The van der Waals surface area contributed by atoms with Crippen LogP contribution in [0.25, 0.3) is 0 Å². The number of nitrogens with one attached hydrogen (secondary N) is 1. The Kier molecular flexibility index (Phi) is 2.82. The van der Waals surface area contributed by atoms with Crippen LogP contribution in [-0.4, -0.2) is 8.42 Å². The van der Waals surface area contributed by atoms with Gasteiger partial charge in [-0.3, -0.25) is 0 Å². The predicted molar refractivity (Wildman–Crippen MR) is 59.9 cm³/mol. The SMILES string of the molecule is O=S(=O)(NCc1ccccc1Cl)C1=CC1. The lowest BCUT2D eigenvalue weighted by Gasteiger charge is -2.05. The van der Waals surface area contributed by atoms with Crippen LogP contribution < -0.4 is 4.72 Å². The van der Waals surface area contributed by atoms with Crippen LogP contribution in [0, 0.1) is 0 Å². The highest BCUT2D eigenvalue weighted by Crippen LogP contribution is 2.24. The van der Waals surface area contributed by atoms with E-state index in [1.807, 2.05) is 12.1 Å². The second kappa shape index (κ2) is 3.96. The highest BCUT2D eigenvalue weighted by molar-refractivity contribution is 7.93. The molecule has 80 valence electrons. The molecule has 1 aliphatic rings. The minimum absolute atomic E-state index is 0.235. The molecule has 0 radical (unpaired) electrons. The van der Waals surface area contributed by atoms with Crippen molar-refractivity contribution in [2.24, 2.45) is 0 Å². The van der Waals surface area contributed by atoms with Crippen LogP contribution in [0.1, 0.15) is 12.0 Å². The molecule has 0 aromatic heterocycles. The number of benzene rings is 1. The summed E-state index contributed by atoms with van der Waals surface area (Å²) in [7, 11) is -3.25. The van der Waals surface area contributed by atoms with Crippen LogP contribution >= 0.6 is 11.6 Å². The monoisotopic (exact) mass is 243 g/mol. The predicted octanol–water partition coefficient (Wildman–Crippen LogP) is 2.05. The van der Waals surface area contributed by atoms with Gasteiger partial charge in [-0.2, -0.15) is 0 Å². The van der Waals surface area contributed by atoms with Gasteiger partial charge >= 0.3 is 0 Å². The third-order valence-corrected chi connectivity index (χ3v) is 4.04. The van der Waals surface area contributed by atoms with Crippen LogP contribution in [0.3, 0.4) is 0 Å². The molecule has 0 heterocycles. The summed E-state index contributed by atoms with van der Waals surface area (Å²) >= 11 is 5.90. The molecular weight excluding hydrogens is 234 g/mol. The van der Waals surface area contributed by atoms with Crippen molar-refractivity contribution in [2.45, 2.75) is 13.0 Å². The van der Waals surface area contributed by atoms with Gasteiger partial charge in [0.15, 0.2) is 0 Å². The number of rotatable bonds is 4. The number of sulfonamides is 1. The van der Waals surface area contributed by atoms with Gasteiger partial charge in [-0.25, -0.2) is 13.1 Å². The van der Waals surface area contributed by atoms with E-state index in [4.69, 9.17) is 11.6 Å². The topological polar surface area (TPSA) is 46.2 Å². The van der Waals surface area contributed by atoms with Crippen molar-refractivity contribution in [1.82, 2.24) is 4.72 Å². The van der Waals surface area contributed by atoms with Gasteiger partial charge in [0.05, 0.1) is 4.91 Å². The Morgan fingerprint density at radius 1 is 1.33 bits per heavy atom. The van der Waals surface area contributed by atoms with Gasteiger partial charge in [0.2, 0.25) is 10.0 Å². The molecule has 0 spiro atoms. The zero-order valence-electron chi connectivity index (χ0n) is 7.90. The van der Waals surface area contributed by atoms with Gasteiger partial charge in [-0.15, -0.1) is 0 Å². The van der Waals surface area contributed by atoms with E-state index < -0.39 is 10.0 Å². The van der Waals surface area contributed by atoms with Gasteiger partial charge < -0.3 is 0 Å². The first-order chi connectivity index (χ1) is 7.09. The molecule has 1 N–H and O–H groups in total. The molecule has 3 nitrogen and oxygen atoms in total. The highest BCUT2D eigenvalue weighted by Gasteiger charge is 2.23. The maximum Gasteiger partial charge on any atom is 0.237 e. The Morgan fingerprint density at radius 2 is 2.00 bits per heavy atom. The highest BCUT2D eigenvalue weighted by atomic mass is 35.5. The minimum Gasteiger partial charge on any atom is -0.207 e. The average Bonchev–Trinajstić information content (AvgIpc) is 3.00. The molecule has 0 fully saturated rings. The van der Waals surface area contributed by atoms with Crippen LogP contribution in [0.5, 0.6) is 0 Å². The summed E-state index contributed by atoms with van der Waals surface area (Å²) in [4.78, 5) is 0.467. The standard InChI is InChI=1S/C10H10ClNO2S/c11-10-4-2-1-3-8(10)7-12-15(13,14)9-5-6-9/h1-5,12H,6-7H2. The molecule has 1 aliphatic carbocycles. The maximum atomic E-state index is 11.5. The van der Waals surface area contributed by atoms with Gasteiger partial charge in [0.25, 0.3) is 0 Å². The van der Waals surface area contributed by atoms with Crippen LogP contribution in [-0.2, 0) is 16.6 Å². The Hall–Kier alpha value is -0.840. The van der Waals surface area contributed by atoms with E-state index in [1.165, 1.54) is 0 Å². The Balaban J connectivity index is 2.05. The normalized spacial score (nSPS) is 14.9. The van der Waals surface area contributed by atoms with Crippen molar-refractivity contribution in [2.75, 3.05) is 0 Å². The first-order valence-electron chi connectivity index (χ1n) is 4.52. The molecule has 0 saturated carbocycles. The molecule has 1 aromatic rings. The van der Waals surface area contributed by atoms with Crippen LogP contribution in [0.2, 0.25) is 5.02 Å². The largest absolute Gasteiger partial charge is 0.237 e. The molecule has 2 rings (SSSR count). The lowest BCUT2D eigenvalue weighted by molar-refractivity contribution is 0.589. The third-order valence-electron chi connectivity index (χ3n) is 2.13. The van der Waals surface area contributed by atoms with E-state index in [0.717, 1.165) is 5.56 Å². The first kappa shape index (κ1) is 10.7. The van der Waals surface area contributed by atoms with Gasteiger partial charge in [-0.1, -0.05) is 35.9 Å². The maximum absolute atomic E-state index is 11.5. The zero-order valence-corrected chi connectivity index (χ0v) is 9.48. The summed E-state index contributed by atoms with van der Waals surface area (Å²) in [6.45, 7) is 0.235. The number of allylic oxidation sites excluding steroid dienone is 2. The first-order valence-corrected chi connectivity index (χ1v) is 6.38. The number of hydrogen-bond acceptors (Lipinski definition) is 2. The molecule has 0 bridgehead atoms. The van der Waals surface area contributed by atoms with Gasteiger partial charge in [-0.05, 0) is 11.6 Å². The van der Waals surface area contributed by atoms with Crippen molar-refractivity contribution < 1.29 is 8.42 Å². The molecule has 5 heteroatoms. The van der Waals surface area contributed by atoms with Crippen molar-refractivity contribution >= 4 is 21.6 Å². The summed E-state index contributed by atoms with van der Waals surface area (Å²) in [6, 6.07) is 7.17. The average molecular weight is 244 g/mol. The zero-order chi connectivity index (χ0) is 10.9. The lowest BCUT2D eigenvalue weighted by atomic mass is 10.2. The summed E-state index contributed by atoms with van der Waals surface area (Å²) in [5.74, 6) is 0. The fourth-order valence-corrected chi connectivity index (χ4v) is 2.42. The fraction of sp³-hybridized carbons (Fsp3) is 0.200. The quantitative estimate of drug-likeness (QED) is 0.880. The van der Waals surface area contributed by atoms with Crippen LogP contribution in [0.4, 0.5) is 0 Å². The smallest absolute Gasteiger partial charge is 0.207 e. The van der Waals surface area contributed by atoms with E-state index >= 15 is 0 Å². The van der Waals surface area contributed by atoms with E-state index in [2.05, 4.69) is 4.72 Å². The number of halogens is 1. The molecule has 15 heavy (non-hydrogen) atoms. The van der Waals surface area contributed by atoms with Gasteiger partial charge in [0, 0.05) is 18.0 Å². The summed E-state index contributed by atoms with van der Waals surface area (Å²) in [5, 5.41) is 0.574. The summed E-state index contributed by atoms with van der Waals surface area (Å²) < 4.78 is 25.4. The van der Waals surface area contributed by atoms with Crippen molar-refractivity contribution in [1.29, 1.82) is 0 Å². The van der Waals surface area contributed by atoms with Crippen LogP contribution in [0.15, 0.2) is 35.2 Å². The summed E-state index contributed by atoms with van der Waals surface area (Å²) in [6.07, 6.45) is 2.24. The van der Waals surface area contributed by atoms with Gasteiger partial charge in [0.1, 0.15) is 0 Å². The molecule has 0 amide bonds. The number of hydrogen-bond donors (Lipinski definition) is 1. The Morgan fingerprint density at radius 3 is 2.60 bits per heavy atom. The molecule has 0 saturated heterocycles. The summed E-state index contributed by atoms with van der Waals surface area (Å²) in [5.41, 5.74) is 0.781. The van der Waals surface area contributed by atoms with E-state index in [9.17, 15) is 8.42 Å². The second-order valence-electron chi connectivity index (χ2n) is 3.29. The molecular formula is C10H10ClNO2S. The molecule has 1 aromatic carbocycles.